The summed E-state index contributed by atoms with van der Waals surface area (Å²) >= 11 is 0. The van der Waals surface area contributed by atoms with E-state index in [0.717, 1.165) is 62.1 Å². The molecule has 0 fully saturated rings. The van der Waals surface area contributed by atoms with Crippen LogP contribution in [-0.2, 0) is 0 Å². The minimum Gasteiger partial charge on any atom is -0.310 e. The number of aromatic nitrogens is 3. The van der Waals surface area contributed by atoms with Gasteiger partial charge < -0.3 is 14.0 Å². The Balaban J connectivity index is 1.06. The molecule has 4 heteroatoms. The second-order valence-corrected chi connectivity index (χ2v) is 16.9. The molecule has 4 nitrogen and oxygen atoms in total. The Morgan fingerprint density at radius 1 is 0.359 bits per heavy atom. The summed E-state index contributed by atoms with van der Waals surface area (Å²) in [6.45, 7) is 6.59. The molecule has 0 atom stereocenters. The quantitative estimate of drug-likeness (QED) is 0.160. The molecule has 0 aliphatic heterocycles. The zero-order valence-corrected chi connectivity index (χ0v) is 36.0. The van der Waals surface area contributed by atoms with E-state index in [0.29, 0.717) is 0 Å². The topological polar surface area (TPSA) is 26.0 Å². The van der Waals surface area contributed by atoms with Gasteiger partial charge in [-0.25, -0.2) is 0 Å². The van der Waals surface area contributed by atoms with Crippen molar-refractivity contribution >= 4 is 71.4 Å². The molecule has 12 rings (SSSR count). The van der Waals surface area contributed by atoms with E-state index in [2.05, 4.69) is 247 Å². The monoisotopic (exact) mass is 820 g/mol. The van der Waals surface area contributed by atoms with Crippen LogP contribution in [0.15, 0.2) is 212 Å². The lowest BCUT2D eigenvalue weighted by Gasteiger charge is -2.27. The molecule has 9 aromatic carbocycles. The van der Waals surface area contributed by atoms with E-state index >= 15 is 0 Å². The lowest BCUT2D eigenvalue weighted by atomic mass is 9.90. The molecule has 0 unspecified atom stereocenters. The number of para-hydroxylation sites is 5. The third-order valence-electron chi connectivity index (χ3n) is 13.1. The van der Waals surface area contributed by atoms with Gasteiger partial charge in [-0.3, -0.25) is 4.98 Å². The van der Waals surface area contributed by atoms with E-state index in [-0.39, 0.29) is 0 Å². The number of fused-ring (bicyclic) bond motifs is 7. The number of nitrogens with zero attached hydrogens (tertiary/aromatic N) is 4. The van der Waals surface area contributed by atoms with Crippen molar-refractivity contribution in [3.63, 3.8) is 0 Å². The van der Waals surface area contributed by atoms with E-state index < -0.39 is 0 Å². The van der Waals surface area contributed by atoms with E-state index in [9.17, 15) is 0 Å². The Kier molecular flexibility index (Phi) is 8.80. The van der Waals surface area contributed by atoms with Gasteiger partial charge in [0.15, 0.2) is 0 Å². The highest BCUT2D eigenvalue weighted by atomic mass is 15.1. The second-order valence-electron chi connectivity index (χ2n) is 16.9. The average Bonchev–Trinajstić information content (AvgIpc) is 3.86. The fourth-order valence-electron chi connectivity index (χ4n) is 10.5. The van der Waals surface area contributed by atoms with Crippen molar-refractivity contribution in [3.05, 3.63) is 229 Å². The normalized spacial score (nSPS) is 11.7. The molecule has 0 aliphatic rings. The zero-order valence-electron chi connectivity index (χ0n) is 36.0. The predicted octanol–water partition coefficient (Wildman–Crippen LogP) is 16.2. The fraction of sp³-hybridized carbons (Fsp3) is 0.0500. The molecule has 0 aliphatic carbocycles. The van der Waals surface area contributed by atoms with Crippen LogP contribution in [0, 0.1) is 20.8 Å². The average molecular weight is 821 g/mol. The Labute approximate surface area is 372 Å². The lowest BCUT2D eigenvalue weighted by Crippen LogP contribution is -2.10. The van der Waals surface area contributed by atoms with Crippen LogP contribution in [0.5, 0.6) is 0 Å². The fourth-order valence-corrected chi connectivity index (χ4v) is 10.5. The van der Waals surface area contributed by atoms with E-state index in [1.807, 2.05) is 0 Å². The predicted molar refractivity (Wildman–Crippen MR) is 270 cm³/mol. The highest BCUT2D eigenvalue weighted by Crippen LogP contribution is 2.43. The molecule has 0 spiro atoms. The van der Waals surface area contributed by atoms with Crippen LogP contribution in [0.3, 0.4) is 0 Å². The van der Waals surface area contributed by atoms with E-state index in [4.69, 9.17) is 4.98 Å². The van der Waals surface area contributed by atoms with Gasteiger partial charge in [0, 0.05) is 72.2 Å². The maximum atomic E-state index is 5.33. The molecule has 0 N–H and O–H groups in total. The van der Waals surface area contributed by atoms with Gasteiger partial charge in [-0.05, 0) is 116 Å². The van der Waals surface area contributed by atoms with Gasteiger partial charge in [-0.1, -0.05) is 140 Å². The van der Waals surface area contributed by atoms with Crippen LogP contribution in [0.1, 0.15) is 17.0 Å². The van der Waals surface area contributed by atoms with Gasteiger partial charge >= 0.3 is 0 Å². The van der Waals surface area contributed by atoms with E-state index in [1.54, 1.807) is 0 Å². The third kappa shape index (κ3) is 5.95. The molecule has 64 heavy (non-hydrogen) atoms. The number of aryl methyl sites for hydroxylation is 2. The summed E-state index contributed by atoms with van der Waals surface area (Å²) in [4.78, 5) is 7.70. The van der Waals surface area contributed by atoms with Gasteiger partial charge in [0.05, 0.1) is 27.8 Å². The molecular weight excluding hydrogens is 777 g/mol. The number of anilines is 3. The zero-order chi connectivity index (χ0) is 42.9. The standard InChI is InChI=1S/C60H44N4/c1-39-59(43-32-34-46(35-33-43)62(45-20-5-4-6-21-45)54-31-17-19-42-18-7-8-22-49(42)54)40(2)61-41(3)60(39)44-36-47(63-55-27-13-9-23-50(55)51-24-10-14-28-56(51)63)38-48(37-44)64-57-29-15-11-25-52(57)53-26-12-16-30-58(53)64/h4-38H,1-3H3. The van der Waals surface area contributed by atoms with Crippen molar-refractivity contribution in [2.24, 2.45) is 0 Å². The van der Waals surface area contributed by atoms with Crippen molar-refractivity contribution in [1.82, 2.24) is 14.1 Å². The molecule has 3 heterocycles. The summed E-state index contributed by atoms with van der Waals surface area (Å²) in [6, 6.07) is 77.1. The summed E-state index contributed by atoms with van der Waals surface area (Å²) in [5.74, 6) is 0. The number of hydrogen-bond donors (Lipinski definition) is 0. The van der Waals surface area contributed by atoms with Crippen LogP contribution in [0.4, 0.5) is 17.1 Å². The third-order valence-corrected chi connectivity index (χ3v) is 13.1. The highest BCUT2D eigenvalue weighted by Gasteiger charge is 2.22. The Hall–Kier alpha value is -8.21. The van der Waals surface area contributed by atoms with E-state index in [1.165, 1.54) is 59.9 Å². The smallest absolute Gasteiger partial charge is 0.0541 e. The highest BCUT2D eigenvalue weighted by molar-refractivity contribution is 6.11. The molecule has 0 saturated carbocycles. The molecule has 0 saturated heterocycles. The Bertz CT molecular complexity index is 3520. The molecule has 12 aromatic rings. The number of benzene rings is 9. The first-order valence-electron chi connectivity index (χ1n) is 22.1. The van der Waals surface area contributed by atoms with Crippen LogP contribution in [0.25, 0.3) is 88.0 Å². The minimum absolute atomic E-state index is 1.01. The van der Waals surface area contributed by atoms with Gasteiger partial charge in [-0.2, -0.15) is 0 Å². The van der Waals surface area contributed by atoms with Crippen molar-refractivity contribution in [1.29, 1.82) is 0 Å². The SMILES string of the molecule is Cc1nc(C)c(-c2cc(-n3c4ccccc4c4ccccc43)cc(-n3c4ccccc4c4ccccc43)c2)c(C)c1-c1ccc(N(c2ccccc2)c2cccc3ccccc23)cc1. The first-order valence-corrected chi connectivity index (χ1v) is 22.1. The summed E-state index contributed by atoms with van der Waals surface area (Å²) in [5, 5.41) is 7.38. The first-order chi connectivity index (χ1) is 31.5. The van der Waals surface area contributed by atoms with Gasteiger partial charge in [0.2, 0.25) is 0 Å². The number of rotatable bonds is 7. The van der Waals surface area contributed by atoms with Gasteiger partial charge in [0.1, 0.15) is 0 Å². The summed E-state index contributed by atoms with van der Waals surface area (Å²) in [7, 11) is 0. The van der Waals surface area contributed by atoms with Crippen LogP contribution in [-0.4, -0.2) is 14.1 Å². The van der Waals surface area contributed by atoms with Crippen LogP contribution in [0.2, 0.25) is 0 Å². The molecule has 0 bridgehead atoms. The molecule has 0 amide bonds. The molecule has 0 radical (unpaired) electrons. The summed E-state index contributed by atoms with van der Waals surface area (Å²) in [5.41, 5.74) is 18.1. The van der Waals surface area contributed by atoms with Crippen molar-refractivity contribution in [3.8, 4) is 33.6 Å². The largest absolute Gasteiger partial charge is 0.310 e. The Morgan fingerprint density at radius 2 is 0.781 bits per heavy atom. The lowest BCUT2D eigenvalue weighted by molar-refractivity contribution is 1.10. The molecular formula is C60H44N4. The summed E-state index contributed by atoms with van der Waals surface area (Å²) < 4.78 is 4.87. The first kappa shape index (κ1) is 37.5. The summed E-state index contributed by atoms with van der Waals surface area (Å²) in [6.07, 6.45) is 0. The van der Waals surface area contributed by atoms with Gasteiger partial charge in [-0.15, -0.1) is 0 Å². The van der Waals surface area contributed by atoms with Crippen molar-refractivity contribution in [2.75, 3.05) is 4.90 Å². The van der Waals surface area contributed by atoms with Crippen molar-refractivity contribution < 1.29 is 0 Å². The van der Waals surface area contributed by atoms with Crippen molar-refractivity contribution in [2.45, 2.75) is 20.8 Å². The molecule has 3 aromatic heterocycles. The molecule has 304 valence electrons. The minimum atomic E-state index is 1.01. The van der Waals surface area contributed by atoms with Crippen LogP contribution < -0.4 is 4.90 Å². The van der Waals surface area contributed by atoms with Crippen LogP contribution >= 0.6 is 0 Å². The van der Waals surface area contributed by atoms with Gasteiger partial charge in [0.25, 0.3) is 0 Å². The maximum absolute atomic E-state index is 5.33. The number of pyridine rings is 1. The maximum Gasteiger partial charge on any atom is 0.0541 e. The number of hydrogen-bond acceptors (Lipinski definition) is 2. The Morgan fingerprint density at radius 3 is 1.31 bits per heavy atom. The second kappa shape index (κ2) is 15.0.